The number of benzene rings is 7. The molecule has 1 aliphatic rings. The molecule has 1 aliphatic heterocycles. The molecule has 0 radical (unpaired) electrons. The molecule has 0 saturated heterocycles. The van der Waals surface area contributed by atoms with Crippen molar-refractivity contribution in [3.8, 4) is 21.7 Å². The van der Waals surface area contributed by atoms with Gasteiger partial charge in [-0.15, -0.1) is 11.3 Å². The minimum atomic E-state index is -2.67. The fraction of sp³-hybridized carbons (Fsp3) is 0. The van der Waals surface area contributed by atoms with Gasteiger partial charge in [0.15, 0.2) is 8.07 Å². The van der Waals surface area contributed by atoms with Gasteiger partial charge in [0, 0.05) is 22.5 Å². The average molecular weight is 635 g/mol. The van der Waals surface area contributed by atoms with E-state index in [0.717, 1.165) is 21.8 Å². The van der Waals surface area contributed by atoms with E-state index >= 15 is 0 Å². The van der Waals surface area contributed by atoms with Crippen LogP contribution < -0.4 is 25.6 Å². The quantitative estimate of drug-likeness (QED) is 0.176. The van der Waals surface area contributed by atoms with Crippen LogP contribution in [-0.2, 0) is 0 Å². The highest BCUT2D eigenvalue weighted by atomic mass is 32.1. The van der Waals surface area contributed by atoms with Crippen molar-refractivity contribution >= 4 is 67.4 Å². The minimum absolute atomic E-state index is 1.04. The molecular formula is C43H30N2SSi. The molecule has 9 rings (SSSR count). The minimum Gasteiger partial charge on any atom is -0.310 e. The summed E-state index contributed by atoms with van der Waals surface area (Å²) in [4.78, 5) is 7.48. The first-order valence-electron chi connectivity index (χ1n) is 16.0. The lowest BCUT2D eigenvalue weighted by Gasteiger charge is -2.45. The Morgan fingerprint density at radius 1 is 0.447 bits per heavy atom. The number of fused-ring (bicyclic) bond motifs is 3. The van der Waals surface area contributed by atoms with E-state index in [1.54, 1.807) is 11.3 Å². The zero-order chi connectivity index (χ0) is 31.2. The number of hydrogen-bond donors (Lipinski definition) is 0. The standard InChI is InChI=1S/C43H30N2SSi/c1-3-18-33(19-4-1)47(34-20-5-2-6-21-34)41-28-13-10-25-38(41)45(39-26-11-14-29-42(39)47)37-24-9-7-22-35(37)31-16-15-17-32(30-31)43-44-36-23-8-12-27-40(36)46-43/h1-30H. The summed E-state index contributed by atoms with van der Waals surface area (Å²) in [5.41, 5.74) is 8.18. The Morgan fingerprint density at radius 3 is 1.64 bits per heavy atom. The predicted octanol–water partition coefficient (Wildman–Crippen LogP) is 8.79. The second-order valence-corrected chi connectivity index (χ2v) is 16.7. The molecule has 0 atom stereocenters. The third-order valence-electron chi connectivity index (χ3n) is 9.37. The molecule has 0 aliphatic carbocycles. The molecule has 0 saturated carbocycles. The Bertz CT molecular complexity index is 2260. The van der Waals surface area contributed by atoms with Crippen LogP contribution in [0.5, 0.6) is 0 Å². The normalized spacial score (nSPS) is 13.2. The topological polar surface area (TPSA) is 16.1 Å². The van der Waals surface area contributed by atoms with Crippen LogP contribution in [0.3, 0.4) is 0 Å². The molecule has 2 heterocycles. The number of anilines is 3. The van der Waals surface area contributed by atoms with Gasteiger partial charge in [0.2, 0.25) is 0 Å². The molecule has 2 nitrogen and oxygen atoms in total. The number of para-hydroxylation sites is 4. The van der Waals surface area contributed by atoms with Crippen LogP contribution in [0.15, 0.2) is 182 Å². The van der Waals surface area contributed by atoms with E-state index in [1.165, 1.54) is 47.9 Å². The lowest BCUT2D eigenvalue weighted by molar-refractivity contribution is 1.29. The number of aromatic nitrogens is 1. The molecule has 0 amide bonds. The summed E-state index contributed by atoms with van der Waals surface area (Å²) in [6.45, 7) is 0. The van der Waals surface area contributed by atoms with Gasteiger partial charge in [-0.3, -0.25) is 0 Å². The monoisotopic (exact) mass is 634 g/mol. The van der Waals surface area contributed by atoms with Crippen LogP contribution >= 0.6 is 11.3 Å². The lowest BCUT2D eigenvalue weighted by atomic mass is 10.00. The van der Waals surface area contributed by atoms with Crippen molar-refractivity contribution in [2.24, 2.45) is 0 Å². The fourth-order valence-electron chi connectivity index (χ4n) is 7.40. The number of hydrogen-bond acceptors (Lipinski definition) is 3. The Kier molecular flexibility index (Phi) is 6.70. The molecular weight excluding hydrogens is 605 g/mol. The third-order valence-corrected chi connectivity index (χ3v) is 15.3. The lowest BCUT2D eigenvalue weighted by Crippen LogP contribution is -2.77. The van der Waals surface area contributed by atoms with Gasteiger partial charge in [-0.05, 0) is 62.7 Å². The van der Waals surface area contributed by atoms with Gasteiger partial charge in [0.1, 0.15) is 5.01 Å². The average Bonchev–Trinajstić information content (AvgIpc) is 3.59. The zero-order valence-electron chi connectivity index (χ0n) is 25.6. The van der Waals surface area contributed by atoms with E-state index in [1.807, 2.05) is 0 Å². The maximum atomic E-state index is 4.98. The first-order valence-corrected chi connectivity index (χ1v) is 18.8. The van der Waals surface area contributed by atoms with E-state index in [0.29, 0.717) is 0 Å². The molecule has 0 unspecified atom stereocenters. The van der Waals surface area contributed by atoms with Gasteiger partial charge in [-0.2, -0.15) is 0 Å². The van der Waals surface area contributed by atoms with E-state index in [-0.39, 0.29) is 0 Å². The van der Waals surface area contributed by atoms with Gasteiger partial charge in [0.05, 0.1) is 15.9 Å². The summed E-state index contributed by atoms with van der Waals surface area (Å²) in [6, 6.07) is 66.6. The summed E-state index contributed by atoms with van der Waals surface area (Å²) in [5.74, 6) is 0. The van der Waals surface area contributed by atoms with Crippen LogP contribution in [0.25, 0.3) is 31.9 Å². The predicted molar refractivity (Wildman–Crippen MR) is 202 cm³/mol. The highest BCUT2D eigenvalue weighted by molar-refractivity contribution is 7.22. The van der Waals surface area contributed by atoms with Crippen molar-refractivity contribution in [2.45, 2.75) is 0 Å². The van der Waals surface area contributed by atoms with E-state index in [2.05, 4.69) is 187 Å². The van der Waals surface area contributed by atoms with Gasteiger partial charge in [-0.1, -0.05) is 146 Å². The van der Waals surface area contributed by atoms with Gasteiger partial charge in [-0.25, -0.2) is 4.98 Å². The van der Waals surface area contributed by atoms with Gasteiger partial charge in [0.25, 0.3) is 0 Å². The number of thiazole rings is 1. The molecule has 47 heavy (non-hydrogen) atoms. The third kappa shape index (κ3) is 4.41. The van der Waals surface area contributed by atoms with Crippen LogP contribution in [-0.4, -0.2) is 13.1 Å². The molecule has 222 valence electrons. The van der Waals surface area contributed by atoms with Crippen molar-refractivity contribution in [1.82, 2.24) is 4.98 Å². The first kappa shape index (κ1) is 27.7. The largest absolute Gasteiger partial charge is 0.310 e. The summed E-state index contributed by atoms with van der Waals surface area (Å²) >= 11 is 1.75. The molecule has 4 heteroatoms. The highest BCUT2D eigenvalue weighted by Gasteiger charge is 2.48. The van der Waals surface area contributed by atoms with E-state index < -0.39 is 8.07 Å². The SMILES string of the molecule is c1ccc([Si]2(c3ccccc3)c3ccccc3N(c3ccccc3-c3cccc(-c4nc5ccccc5s4)c3)c3ccccc32)cc1. The van der Waals surface area contributed by atoms with Crippen LogP contribution in [0.1, 0.15) is 0 Å². The second kappa shape index (κ2) is 11.4. The summed E-state index contributed by atoms with van der Waals surface area (Å²) < 4.78 is 1.21. The molecule has 0 bridgehead atoms. The van der Waals surface area contributed by atoms with E-state index in [9.17, 15) is 0 Å². The summed E-state index contributed by atoms with van der Waals surface area (Å²) in [7, 11) is -2.67. The number of nitrogens with zero attached hydrogens (tertiary/aromatic N) is 2. The Hall–Kier alpha value is -5.55. The Balaban J connectivity index is 1.28. The summed E-state index contributed by atoms with van der Waals surface area (Å²) in [6.07, 6.45) is 0. The van der Waals surface area contributed by atoms with Gasteiger partial charge >= 0.3 is 0 Å². The van der Waals surface area contributed by atoms with Crippen molar-refractivity contribution in [3.05, 3.63) is 182 Å². The second-order valence-electron chi connectivity index (χ2n) is 11.9. The van der Waals surface area contributed by atoms with Crippen molar-refractivity contribution in [3.63, 3.8) is 0 Å². The fourth-order valence-corrected chi connectivity index (χ4v) is 13.5. The Morgan fingerprint density at radius 2 is 0.979 bits per heavy atom. The van der Waals surface area contributed by atoms with Crippen LogP contribution in [0, 0.1) is 0 Å². The van der Waals surface area contributed by atoms with Crippen LogP contribution in [0.2, 0.25) is 0 Å². The van der Waals surface area contributed by atoms with Crippen molar-refractivity contribution in [1.29, 1.82) is 0 Å². The van der Waals surface area contributed by atoms with Crippen molar-refractivity contribution in [2.75, 3.05) is 4.90 Å². The summed E-state index contributed by atoms with van der Waals surface area (Å²) in [5, 5.41) is 6.62. The maximum absolute atomic E-state index is 4.98. The van der Waals surface area contributed by atoms with Crippen molar-refractivity contribution < 1.29 is 0 Å². The maximum Gasteiger partial charge on any atom is 0.184 e. The van der Waals surface area contributed by atoms with Crippen LogP contribution in [0.4, 0.5) is 17.1 Å². The van der Waals surface area contributed by atoms with E-state index in [4.69, 9.17) is 4.98 Å². The molecule has 0 N–H and O–H groups in total. The zero-order valence-corrected chi connectivity index (χ0v) is 27.4. The highest BCUT2D eigenvalue weighted by Crippen LogP contribution is 2.43. The molecule has 0 spiro atoms. The number of rotatable bonds is 5. The smallest absolute Gasteiger partial charge is 0.184 e. The molecule has 0 fully saturated rings. The van der Waals surface area contributed by atoms with Gasteiger partial charge < -0.3 is 4.90 Å². The first-order chi connectivity index (χ1) is 23.3. The molecule has 1 aromatic heterocycles. The molecule has 7 aromatic carbocycles. The Labute approximate surface area is 279 Å². The molecule has 8 aromatic rings.